The molecule has 6 nitrogen and oxygen atoms in total. The zero-order valence-electron chi connectivity index (χ0n) is 15.8. The quantitative estimate of drug-likeness (QED) is 0.847. The molecule has 1 saturated heterocycles. The summed E-state index contributed by atoms with van der Waals surface area (Å²) in [4.78, 5) is 28.3. The standard InChI is InChI=1S/C19H30N4O2/c1-15-5-7-16(8-6-15)21-17(24)14-22-9-11-23(12-10-22)18(25)13-20-19(2,3)4/h5-8,20H,9-14H2,1-4H3,(H,21,24). The van der Waals surface area contributed by atoms with Crippen molar-refractivity contribution in [3.8, 4) is 0 Å². The highest BCUT2D eigenvalue weighted by molar-refractivity contribution is 5.92. The maximum absolute atomic E-state index is 12.2. The summed E-state index contributed by atoms with van der Waals surface area (Å²) < 4.78 is 0. The van der Waals surface area contributed by atoms with Gasteiger partial charge in [0.25, 0.3) is 0 Å². The first-order chi connectivity index (χ1) is 11.7. The maximum Gasteiger partial charge on any atom is 0.238 e. The molecule has 0 saturated carbocycles. The second-order valence-corrected chi connectivity index (χ2v) is 7.67. The van der Waals surface area contributed by atoms with Crippen molar-refractivity contribution in [2.45, 2.75) is 33.2 Å². The molecule has 0 radical (unpaired) electrons. The Morgan fingerprint density at radius 2 is 1.64 bits per heavy atom. The molecule has 6 heteroatoms. The van der Waals surface area contributed by atoms with E-state index < -0.39 is 0 Å². The molecule has 138 valence electrons. The van der Waals surface area contributed by atoms with Crippen molar-refractivity contribution in [1.82, 2.24) is 15.1 Å². The van der Waals surface area contributed by atoms with Gasteiger partial charge in [-0.1, -0.05) is 17.7 Å². The third-order valence-electron chi connectivity index (χ3n) is 4.20. The number of nitrogens with zero attached hydrogens (tertiary/aromatic N) is 2. The zero-order chi connectivity index (χ0) is 18.4. The van der Waals surface area contributed by atoms with Crippen molar-refractivity contribution in [3.05, 3.63) is 29.8 Å². The number of hydrogen-bond acceptors (Lipinski definition) is 4. The van der Waals surface area contributed by atoms with Crippen molar-refractivity contribution in [2.75, 3.05) is 44.6 Å². The van der Waals surface area contributed by atoms with E-state index in [1.54, 1.807) is 0 Å². The van der Waals surface area contributed by atoms with Crippen molar-refractivity contribution in [2.24, 2.45) is 0 Å². The number of carbonyl (C=O) groups is 2. The number of carbonyl (C=O) groups excluding carboxylic acids is 2. The van der Waals surface area contributed by atoms with Gasteiger partial charge in [-0.25, -0.2) is 0 Å². The summed E-state index contributed by atoms with van der Waals surface area (Å²) in [5.74, 6) is 0.108. The molecule has 1 aromatic carbocycles. The van der Waals surface area contributed by atoms with E-state index in [4.69, 9.17) is 0 Å². The fourth-order valence-corrected chi connectivity index (χ4v) is 2.65. The van der Waals surface area contributed by atoms with Gasteiger partial charge in [-0.05, 0) is 39.8 Å². The molecule has 0 unspecified atom stereocenters. The van der Waals surface area contributed by atoms with Gasteiger partial charge in [0.15, 0.2) is 0 Å². The van der Waals surface area contributed by atoms with Crippen LogP contribution in [0.25, 0.3) is 0 Å². The van der Waals surface area contributed by atoms with Crippen molar-refractivity contribution in [3.63, 3.8) is 0 Å². The monoisotopic (exact) mass is 346 g/mol. The molecule has 1 heterocycles. The lowest BCUT2D eigenvalue weighted by molar-refractivity contribution is -0.132. The van der Waals surface area contributed by atoms with Crippen LogP contribution in [0.15, 0.2) is 24.3 Å². The molecule has 2 rings (SSSR count). The molecule has 2 N–H and O–H groups in total. The van der Waals surface area contributed by atoms with Gasteiger partial charge >= 0.3 is 0 Å². The third-order valence-corrected chi connectivity index (χ3v) is 4.20. The Morgan fingerprint density at radius 1 is 1.04 bits per heavy atom. The molecule has 0 bridgehead atoms. The van der Waals surface area contributed by atoms with E-state index in [9.17, 15) is 9.59 Å². The summed E-state index contributed by atoms with van der Waals surface area (Å²) >= 11 is 0. The van der Waals surface area contributed by atoms with Gasteiger partial charge in [0.1, 0.15) is 0 Å². The smallest absolute Gasteiger partial charge is 0.238 e. The Balaban J connectivity index is 1.71. The van der Waals surface area contributed by atoms with E-state index in [1.807, 2.05) is 56.9 Å². The average Bonchev–Trinajstić information content (AvgIpc) is 2.55. The number of nitrogens with one attached hydrogen (secondary N) is 2. The Bertz CT molecular complexity index is 584. The first-order valence-electron chi connectivity index (χ1n) is 8.85. The highest BCUT2D eigenvalue weighted by atomic mass is 16.2. The second-order valence-electron chi connectivity index (χ2n) is 7.67. The SMILES string of the molecule is Cc1ccc(NC(=O)CN2CCN(C(=O)CNC(C)(C)C)CC2)cc1. The minimum atomic E-state index is -0.0639. The molecular formula is C19H30N4O2. The van der Waals surface area contributed by atoms with Gasteiger partial charge in [0, 0.05) is 37.4 Å². The van der Waals surface area contributed by atoms with Crippen molar-refractivity contribution < 1.29 is 9.59 Å². The van der Waals surface area contributed by atoms with Crippen LogP contribution in [0.5, 0.6) is 0 Å². The third kappa shape index (κ3) is 6.84. The summed E-state index contributed by atoms with van der Waals surface area (Å²) in [6.07, 6.45) is 0. The molecule has 0 atom stereocenters. The zero-order valence-corrected chi connectivity index (χ0v) is 15.8. The Kier molecular flexibility index (Phi) is 6.56. The van der Waals surface area contributed by atoms with Crippen LogP contribution >= 0.6 is 0 Å². The van der Waals surface area contributed by atoms with E-state index in [1.165, 1.54) is 5.56 Å². The number of benzene rings is 1. The Morgan fingerprint density at radius 3 is 2.20 bits per heavy atom. The first kappa shape index (κ1) is 19.4. The highest BCUT2D eigenvalue weighted by Gasteiger charge is 2.23. The largest absolute Gasteiger partial charge is 0.339 e. The van der Waals surface area contributed by atoms with Crippen LogP contribution in [0.1, 0.15) is 26.3 Å². The predicted octanol–water partition coefficient (Wildman–Crippen LogP) is 1.47. The fraction of sp³-hybridized carbons (Fsp3) is 0.579. The van der Waals surface area contributed by atoms with E-state index in [-0.39, 0.29) is 17.4 Å². The molecule has 1 aliphatic heterocycles. The van der Waals surface area contributed by atoms with Crippen LogP contribution in [0.3, 0.4) is 0 Å². The van der Waals surface area contributed by atoms with Crippen molar-refractivity contribution >= 4 is 17.5 Å². The molecule has 0 aromatic heterocycles. The molecule has 0 spiro atoms. The second kappa shape index (κ2) is 8.45. The summed E-state index contributed by atoms with van der Waals surface area (Å²) in [7, 11) is 0. The van der Waals surface area contributed by atoms with Gasteiger partial charge in [0.05, 0.1) is 13.1 Å². The molecule has 1 aromatic rings. The molecule has 1 aliphatic rings. The molecule has 1 fully saturated rings. The number of piperazine rings is 1. The fourth-order valence-electron chi connectivity index (χ4n) is 2.65. The first-order valence-corrected chi connectivity index (χ1v) is 8.85. The predicted molar refractivity (Wildman–Crippen MR) is 101 cm³/mol. The van der Waals surface area contributed by atoms with E-state index in [0.29, 0.717) is 26.2 Å². The van der Waals surface area contributed by atoms with Gasteiger partial charge in [-0.2, -0.15) is 0 Å². The lowest BCUT2D eigenvalue weighted by Crippen LogP contribution is -2.53. The van der Waals surface area contributed by atoms with Crippen LogP contribution in [0.2, 0.25) is 0 Å². The lowest BCUT2D eigenvalue weighted by Gasteiger charge is -2.35. The number of anilines is 1. The average molecular weight is 346 g/mol. The van der Waals surface area contributed by atoms with E-state index in [0.717, 1.165) is 18.8 Å². The number of hydrogen-bond donors (Lipinski definition) is 2. The number of rotatable bonds is 5. The number of aryl methyl sites for hydroxylation is 1. The normalized spacial score (nSPS) is 15.9. The summed E-state index contributed by atoms with van der Waals surface area (Å²) in [5, 5.41) is 6.14. The van der Waals surface area contributed by atoms with Gasteiger partial charge in [0.2, 0.25) is 11.8 Å². The van der Waals surface area contributed by atoms with Crippen LogP contribution in [0.4, 0.5) is 5.69 Å². The van der Waals surface area contributed by atoms with Crippen LogP contribution in [0, 0.1) is 6.92 Å². The molecule has 2 amide bonds. The minimum absolute atomic E-state index is 0.0157. The van der Waals surface area contributed by atoms with Gasteiger partial charge in [-0.3, -0.25) is 14.5 Å². The molecular weight excluding hydrogens is 316 g/mol. The summed E-state index contributed by atoms with van der Waals surface area (Å²) in [5.41, 5.74) is 1.92. The lowest BCUT2D eigenvalue weighted by atomic mass is 10.1. The van der Waals surface area contributed by atoms with Crippen LogP contribution < -0.4 is 10.6 Å². The maximum atomic E-state index is 12.2. The number of amides is 2. The van der Waals surface area contributed by atoms with Gasteiger partial charge < -0.3 is 15.5 Å². The highest BCUT2D eigenvalue weighted by Crippen LogP contribution is 2.09. The van der Waals surface area contributed by atoms with Crippen LogP contribution in [-0.4, -0.2) is 66.4 Å². The van der Waals surface area contributed by atoms with E-state index >= 15 is 0 Å². The minimum Gasteiger partial charge on any atom is -0.339 e. The Hall–Kier alpha value is -1.92. The Labute approximate surface area is 150 Å². The van der Waals surface area contributed by atoms with Crippen molar-refractivity contribution in [1.29, 1.82) is 0 Å². The topological polar surface area (TPSA) is 64.7 Å². The molecule has 0 aliphatic carbocycles. The summed E-state index contributed by atoms with van der Waals surface area (Å²) in [6, 6.07) is 7.77. The molecule has 25 heavy (non-hydrogen) atoms. The van der Waals surface area contributed by atoms with E-state index in [2.05, 4.69) is 15.5 Å². The summed E-state index contributed by atoms with van der Waals surface area (Å²) in [6.45, 7) is 11.7. The van der Waals surface area contributed by atoms with Gasteiger partial charge in [-0.15, -0.1) is 0 Å². The van der Waals surface area contributed by atoms with Crippen LogP contribution in [-0.2, 0) is 9.59 Å².